The molecule has 0 radical (unpaired) electrons. The average molecular weight is 760 g/mol. The molecule has 2 heterocycles. The molecule has 1 saturated heterocycles. The van der Waals surface area contributed by atoms with Gasteiger partial charge in [0.2, 0.25) is 18.0 Å². The highest BCUT2D eigenvalue weighted by atomic mass is 16.5. The van der Waals surface area contributed by atoms with Gasteiger partial charge in [0.05, 0.1) is 36.9 Å². The minimum absolute atomic E-state index is 0.125. The minimum Gasteiger partial charge on any atom is -0.492 e. The largest absolute Gasteiger partial charge is 0.492 e. The topological polar surface area (TPSA) is 165 Å². The minimum atomic E-state index is -1.19. The Morgan fingerprint density at radius 1 is 0.839 bits per heavy atom. The van der Waals surface area contributed by atoms with Crippen LogP contribution in [-0.2, 0) is 27.5 Å². The number of para-hydroxylation sites is 1. The maximum atomic E-state index is 13.5. The number of nitrogens with zero attached hydrogens (tertiary/aromatic N) is 3. The second-order valence-corrected chi connectivity index (χ2v) is 14.0. The molecule has 4 aromatic rings. The van der Waals surface area contributed by atoms with Crippen molar-refractivity contribution in [2.75, 3.05) is 43.5 Å². The lowest BCUT2D eigenvalue weighted by Crippen LogP contribution is -2.47. The molecule has 2 aliphatic rings. The lowest BCUT2D eigenvalue weighted by Gasteiger charge is -2.26. The molecule has 4 aromatic carbocycles. The molecule has 2 atom stereocenters. The van der Waals surface area contributed by atoms with Crippen molar-refractivity contribution >= 4 is 40.8 Å². The Morgan fingerprint density at radius 3 is 2.36 bits per heavy atom. The predicted octanol–water partition coefficient (Wildman–Crippen LogP) is 4.59. The Hall–Kier alpha value is -6.05. The van der Waals surface area contributed by atoms with Crippen molar-refractivity contribution in [1.29, 1.82) is 0 Å². The summed E-state index contributed by atoms with van der Waals surface area (Å²) in [5.74, 6) is -0.469. The number of benzene rings is 4. The summed E-state index contributed by atoms with van der Waals surface area (Å²) in [6, 6.07) is 31.1. The van der Waals surface area contributed by atoms with Crippen molar-refractivity contribution in [2.24, 2.45) is 4.99 Å². The zero-order chi connectivity index (χ0) is 39.3. The molecule has 0 spiro atoms. The number of hydrogen-bond donors (Lipinski definition) is 5. The molecule has 13 nitrogen and oxygen atoms in total. The summed E-state index contributed by atoms with van der Waals surface area (Å²) in [5.41, 5.74) is 5.15. The summed E-state index contributed by atoms with van der Waals surface area (Å²) in [4.78, 5) is 60.3. The first-order chi connectivity index (χ1) is 27.2. The Bertz CT molecular complexity index is 2020. The predicted molar refractivity (Wildman–Crippen MR) is 215 cm³/mol. The van der Waals surface area contributed by atoms with Crippen LogP contribution in [0.25, 0.3) is 0 Å². The van der Waals surface area contributed by atoms with E-state index in [-0.39, 0.29) is 38.4 Å². The summed E-state index contributed by atoms with van der Waals surface area (Å²) < 4.78 is 5.83. The number of amides is 5. The second kappa shape index (κ2) is 19.5. The Morgan fingerprint density at radius 2 is 1.55 bits per heavy atom. The van der Waals surface area contributed by atoms with Gasteiger partial charge in [0.1, 0.15) is 12.4 Å². The first-order valence-electron chi connectivity index (χ1n) is 19.0. The van der Waals surface area contributed by atoms with Crippen molar-refractivity contribution in [3.63, 3.8) is 0 Å². The molecule has 13 heteroatoms. The van der Waals surface area contributed by atoms with E-state index in [0.29, 0.717) is 22.6 Å². The fraction of sp³-hybridized carbons (Fsp3) is 0.326. The van der Waals surface area contributed by atoms with E-state index in [1.54, 1.807) is 31.3 Å². The number of urea groups is 1. The summed E-state index contributed by atoms with van der Waals surface area (Å²) in [6.45, 7) is 3.80. The van der Waals surface area contributed by atoms with E-state index in [0.717, 1.165) is 36.5 Å². The van der Waals surface area contributed by atoms with Gasteiger partial charge >= 0.3 is 6.03 Å². The maximum Gasteiger partial charge on any atom is 0.321 e. The zero-order valence-electron chi connectivity index (χ0n) is 31.6. The van der Waals surface area contributed by atoms with E-state index in [9.17, 15) is 24.3 Å². The monoisotopic (exact) mass is 759 g/mol. The molecule has 0 bridgehead atoms. The fourth-order valence-electron chi connectivity index (χ4n) is 6.81. The highest BCUT2D eigenvalue weighted by Crippen LogP contribution is 2.27. The number of likely N-dealkylation sites (N-methyl/N-ethyl adjacent to an activating group) is 1. The third-order valence-corrected chi connectivity index (χ3v) is 9.62. The number of benzodiazepines with no additional fused rings is 1. The maximum absolute atomic E-state index is 13.5. The van der Waals surface area contributed by atoms with Crippen LogP contribution in [0.2, 0.25) is 0 Å². The van der Waals surface area contributed by atoms with Gasteiger partial charge < -0.3 is 36.0 Å². The Kier molecular flexibility index (Phi) is 13.8. The normalized spacial score (nSPS) is 16.1. The molecular formula is C43H49N7O6. The Balaban J connectivity index is 0.923. The van der Waals surface area contributed by atoms with Crippen molar-refractivity contribution in [3.05, 3.63) is 125 Å². The number of aliphatic hydroxyl groups excluding tert-OH is 1. The highest BCUT2D eigenvalue weighted by molar-refractivity contribution is 6.20. The van der Waals surface area contributed by atoms with Crippen molar-refractivity contribution < 1.29 is 29.0 Å². The van der Waals surface area contributed by atoms with Crippen LogP contribution in [0, 0.1) is 0 Å². The van der Waals surface area contributed by atoms with E-state index < -0.39 is 30.1 Å². The number of fused-ring (bicyclic) bond motifs is 1. The molecule has 1 fully saturated rings. The molecular weight excluding hydrogens is 711 g/mol. The number of carbonyl (C=O) groups is 4. The number of anilines is 2. The second-order valence-electron chi connectivity index (χ2n) is 14.0. The van der Waals surface area contributed by atoms with Gasteiger partial charge in [-0.2, -0.15) is 0 Å². The van der Waals surface area contributed by atoms with Gasteiger partial charge in [0.15, 0.2) is 0 Å². The summed E-state index contributed by atoms with van der Waals surface area (Å²) >= 11 is 0. The number of aliphatic imine (C=N–C) groups is 1. The third-order valence-electron chi connectivity index (χ3n) is 9.62. The molecule has 0 aromatic heterocycles. The number of carbonyl (C=O) groups excluding carboxylic acids is 4. The number of rotatable bonds is 15. The van der Waals surface area contributed by atoms with Gasteiger partial charge in [0, 0.05) is 37.0 Å². The SMILES string of the molecule is CN1C(=O)[C@H](NC(=O)Nc2cccc(CNC(=O)CC(O)CC(=O)NCCOc3cccc(CN4CCCCC4)c3)c2)N=C(c2ccccc2)c2ccccc21. The number of likely N-dealkylation sites (tertiary alicyclic amines) is 1. The van der Waals surface area contributed by atoms with Gasteiger partial charge in [-0.05, 0) is 67.4 Å². The third kappa shape index (κ3) is 11.2. The fourth-order valence-corrected chi connectivity index (χ4v) is 6.81. The van der Waals surface area contributed by atoms with E-state index in [1.807, 2.05) is 72.8 Å². The van der Waals surface area contributed by atoms with Crippen molar-refractivity contribution in [2.45, 2.75) is 57.5 Å². The van der Waals surface area contributed by atoms with E-state index in [1.165, 1.54) is 29.7 Å². The van der Waals surface area contributed by atoms with Gasteiger partial charge in [-0.25, -0.2) is 9.79 Å². The van der Waals surface area contributed by atoms with Gasteiger partial charge in [-0.1, -0.05) is 79.2 Å². The first kappa shape index (κ1) is 39.6. The van der Waals surface area contributed by atoms with Crippen molar-refractivity contribution in [1.82, 2.24) is 20.9 Å². The summed E-state index contributed by atoms with van der Waals surface area (Å²) in [7, 11) is 1.65. The molecule has 0 saturated carbocycles. The highest BCUT2D eigenvalue weighted by Gasteiger charge is 2.31. The lowest BCUT2D eigenvalue weighted by atomic mass is 10.0. The van der Waals surface area contributed by atoms with Crippen LogP contribution in [0.15, 0.2) is 108 Å². The van der Waals surface area contributed by atoms with Crippen LogP contribution in [0.3, 0.4) is 0 Å². The number of ether oxygens (including phenoxy) is 1. The number of aliphatic hydroxyl groups is 1. The molecule has 292 valence electrons. The summed E-state index contributed by atoms with van der Waals surface area (Å²) in [6.07, 6.45) is 0.931. The van der Waals surface area contributed by atoms with Gasteiger partial charge in [-0.15, -0.1) is 0 Å². The van der Waals surface area contributed by atoms with Gasteiger partial charge in [0.25, 0.3) is 5.91 Å². The van der Waals surface area contributed by atoms with Crippen LogP contribution in [0.4, 0.5) is 16.2 Å². The van der Waals surface area contributed by atoms with Crippen molar-refractivity contribution in [3.8, 4) is 5.75 Å². The standard InChI is InChI=1S/C43H49N7O6/c1-49-37-19-7-6-18-36(37)40(32-14-4-2-5-15-32)47-41(42(49)54)48-43(55)46-33-16-10-12-30(24-33)28-45-39(53)27-34(51)26-38(52)44-20-23-56-35-17-11-13-31(25-35)29-50-21-8-3-9-22-50/h2,4-7,10-19,24-25,34,41,51H,3,8-9,20-23,26-29H2,1H3,(H,44,52)(H,45,53)(H2,46,48,55)/t34?,41-/m0/s1. The number of nitrogens with one attached hydrogen (secondary N) is 4. The molecule has 1 unspecified atom stereocenters. The number of hydrogen-bond acceptors (Lipinski definition) is 8. The Labute approximate surface area is 327 Å². The van der Waals surface area contributed by atoms with Crippen LogP contribution in [0.1, 0.15) is 54.4 Å². The molecule has 2 aliphatic heterocycles. The zero-order valence-corrected chi connectivity index (χ0v) is 31.6. The molecule has 56 heavy (non-hydrogen) atoms. The van der Waals surface area contributed by atoms with E-state index >= 15 is 0 Å². The van der Waals surface area contributed by atoms with E-state index in [2.05, 4.69) is 32.2 Å². The first-order valence-corrected chi connectivity index (χ1v) is 19.0. The molecule has 5 amide bonds. The van der Waals surface area contributed by atoms with Crippen LogP contribution >= 0.6 is 0 Å². The molecule has 5 N–H and O–H groups in total. The van der Waals surface area contributed by atoms with Crippen LogP contribution in [-0.4, -0.2) is 85.0 Å². The van der Waals surface area contributed by atoms with E-state index in [4.69, 9.17) is 9.73 Å². The average Bonchev–Trinajstić information content (AvgIpc) is 3.30. The van der Waals surface area contributed by atoms with Gasteiger partial charge in [-0.3, -0.25) is 19.3 Å². The number of piperidine rings is 1. The van der Waals surface area contributed by atoms with Crippen LogP contribution < -0.4 is 30.9 Å². The van der Waals surface area contributed by atoms with Crippen LogP contribution in [0.5, 0.6) is 5.75 Å². The smallest absolute Gasteiger partial charge is 0.321 e. The molecule has 6 rings (SSSR count). The molecule has 0 aliphatic carbocycles. The summed E-state index contributed by atoms with van der Waals surface area (Å²) in [5, 5.41) is 21.3. The quantitative estimate of drug-likeness (QED) is 0.111. The lowest BCUT2D eigenvalue weighted by molar-refractivity contribution is -0.126.